The molecule has 5 heteroatoms. The second-order valence-corrected chi connectivity index (χ2v) is 4.21. The molecule has 2 aromatic rings. The van der Waals surface area contributed by atoms with Gasteiger partial charge in [0.1, 0.15) is 12.4 Å². The second-order valence-electron chi connectivity index (χ2n) is 4.21. The summed E-state index contributed by atoms with van der Waals surface area (Å²) < 4.78 is 43.9. The van der Waals surface area contributed by atoms with Crippen molar-refractivity contribution in [3.8, 4) is 5.75 Å². The van der Waals surface area contributed by atoms with Gasteiger partial charge in [0.05, 0.1) is 12.2 Å². The Bertz CT molecular complexity index is 579. The van der Waals surface area contributed by atoms with Crippen LogP contribution in [-0.4, -0.2) is 5.11 Å². The fourth-order valence-corrected chi connectivity index (χ4v) is 1.85. The number of alkyl halides is 3. The quantitative estimate of drug-likeness (QED) is 0.924. The van der Waals surface area contributed by atoms with Crippen LogP contribution in [0.4, 0.5) is 13.2 Å². The molecule has 0 aliphatic heterocycles. The van der Waals surface area contributed by atoms with Crippen LogP contribution < -0.4 is 4.74 Å². The van der Waals surface area contributed by atoms with Gasteiger partial charge in [0.2, 0.25) is 0 Å². The zero-order valence-corrected chi connectivity index (χ0v) is 10.5. The number of benzene rings is 2. The average molecular weight is 282 g/mol. The Hall–Kier alpha value is -2.01. The highest BCUT2D eigenvalue weighted by molar-refractivity contribution is 5.34. The van der Waals surface area contributed by atoms with Crippen molar-refractivity contribution >= 4 is 0 Å². The van der Waals surface area contributed by atoms with Gasteiger partial charge in [-0.1, -0.05) is 36.4 Å². The number of hydrogen-bond donors (Lipinski definition) is 1. The van der Waals surface area contributed by atoms with Gasteiger partial charge in [0.25, 0.3) is 0 Å². The third kappa shape index (κ3) is 3.30. The normalized spacial score (nSPS) is 11.4. The monoisotopic (exact) mass is 282 g/mol. The van der Waals surface area contributed by atoms with Gasteiger partial charge < -0.3 is 9.84 Å². The smallest absolute Gasteiger partial charge is 0.416 e. The maximum Gasteiger partial charge on any atom is 0.416 e. The third-order valence-corrected chi connectivity index (χ3v) is 2.85. The number of para-hydroxylation sites is 1. The Balaban J connectivity index is 2.20. The van der Waals surface area contributed by atoms with E-state index < -0.39 is 11.7 Å². The van der Waals surface area contributed by atoms with Gasteiger partial charge in [-0.25, -0.2) is 0 Å². The van der Waals surface area contributed by atoms with Crippen LogP contribution in [0.1, 0.15) is 16.7 Å². The molecule has 0 radical (unpaired) electrons. The highest BCUT2D eigenvalue weighted by Crippen LogP contribution is 2.32. The summed E-state index contributed by atoms with van der Waals surface area (Å²) in [4.78, 5) is 0. The molecule has 0 saturated carbocycles. The fourth-order valence-electron chi connectivity index (χ4n) is 1.85. The molecule has 20 heavy (non-hydrogen) atoms. The molecule has 1 N–H and O–H groups in total. The molecule has 106 valence electrons. The molecule has 0 saturated heterocycles. The van der Waals surface area contributed by atoms with Crippen LogP contribution in [0.5, 0.6) is 5.75 Å². The predicted molar refractivity (Wildman–Crippen MR) is 68.1 cm³/mol. The third-order valence-electron chi connectivity index (χ3n) is 2.85. The standard InChI is InChI=1S/C15H13F3O2/c16-15(17,18)13-7-3-1-6-12(13)10-20-14-8-4-2-5-11(14)9-19/h1-8,19H,9-10H2. The minimum Gasteiger partial charge on any atom is -0.489 e. The van der Waals surface area contributed by atoms with Crippen molar-refractivity contribution in [1.82, 2.24) is 0 Å². The second kappa shape index (κ2) is 5.96. The first-order valence-corrected chi connectivity index (χ1v) is 5.99. The van der Waals surface area contributed by atoms with Crippen molar-refractivity contribution in [2.75, 3.05) is 0 Å². The maximum absolute atomic E-state index is 12.8. The highest BCUT2D eigenvalue weighted by Gasteiger charge is 2.32. The first-order valence-electron chi connectivity index (χ1n) is 5.99. The van der Waals surface area contributed by atoms with E-state index in [1.807, 2.05) is 0 Å². The molecular formula is C15H13F3O2. The summed E-state index contributed by atoms with van der Waals surface area (Å²) >= 11 is 0. The maximum atomic E-state index is 12.8. The number of hydrogen-bond acceptors (Lipinski definition) is 2. The highest BCUT2D eigenvalue weighted by atomic mass is 19.4. The molecule has 2 rings (SSSR count). The largest absolute Gasteiger partial charge is 0.489 e. The van der Waals surface area contributed by atoms with E-state index in [-0.39, 0.29) is 18.8 Å². The molecule has 0 fully saturated rings. The lowest BCUT2D eigenvalue weighted by molar-refractivity contribution is -0.138. The van der Waals surface area contributed by atoms with E-state index in [1.54, 1.807) is 24.3 Å². The Morgan fingerprint density at radius 1 is 0.900 bits per heavy atom. The van der Waals surface area contributed by atoms with Gasteiger partial charge >= 0.3 is 6.18 Å². The van der Waals surface area contributed by atoms with Crippen LogP contribution in [0.15, 0.2) is 48.5 Å². The number of aliphatic hydroxyl groups excluding tert-OH is 1. The van der Waals surface area contributed by atoms with E-state index in [1.165, 1.54) is 18.2 Å². The summed E-state index contributed by atoms with van der Waals surface area (Å²) in [6.45, 7) is -0.427. The Morgan fingerprint density at radius 3 is 2.15 bits per heavy atom. The summed E-state index contributed by atoms with van der Waals surface area (Å²) in [5.41, 5.74) is -0.105. The average Bonchev–Trinajstić information content (AvgIpc) is 2.44. The van der Waals surface area contributed by atoms with Gasteiger partial charge in [-0.15, -0.1) is 0 Å². The van der Waals surface area contributed by atoms with Crippen LogP contribution in [-0.2, 0) is 19.4 Å². The van der Waals surface area contributed by atoms with E-state index in [0.717, 1.165) is 6.07 Å². The lowest BCUT2D eigenvalue weighted by Gasteiger charge is -2.14. The molecule has 0 aliphatic rings. The van der Waals surface area contributed by atoms with Gasteiger partial charge in [-0.3, -0.25) is 0 Å². The molecule has 0 unspecified atom stereocenters. The summed E-state index contributed by atoms with van der Waals surface area (Å²) in [6.07, 6.45) is -4.41. The summed E-state index contributed by atoms with van der Waals surface area (Å²) in [5.74, 6) is 0.381. The molecular weight excluding hydrogens is 269 g/mol. The molecule has 2 nitrogen and oxygen atoms in total. The number of aliphatic hydroxyl groups is 1. The van der Waals surface area contributed by atoms with Crippen molar-refractivity contribution in [2.45, 2.75) is 19.4 Å². The first kappa shape index (κ1) is 14.4. The van der Waals surface area contributed by atoms with E-state index in [9.17, 15) is 13.2 Å². The number of rotatable bonds is 4. The molecule has 0 amide bonds. The zero-order valence-electron chi connectivity index (χ0n) is 10.5. The molecule has 0 bridgehead atoms. The lowest BCUT2D eigenvalue weighted by Crippen LogP contribution is -2.11. The van der Waals surface area contributed by atoms with Gasteiger partial charge in [0, 0.05) is 11.1 Å². The van der Waals surface area contributed by atoms with Gasteiger partial charge in [-0.05, 0) is 12.1 Å². The molecule has 0 atom stereocenters. The molecule has 2 aromatic carbocycles. The molecule has 0 heterocycles. The van der Waals surface area contributed by atoms with Crippen LogP contribution in [0, 0.1) is 0 Å². The Labute approximate surface area is 114 Å². The van der Waals surface area contributed by atoms with E-state index in [4.69, 9.17) is 9.84 Å². The fraction of sp³-hybridized carbons (Fsp3) is 0.200. The number of ether oxygens (including phenoxy) is 1. The van der Waals surface area contributed by atoms with Crippen LogP contribution in [0.25, 0.3) is 0 Å². The molecule has 0 spiro atoms. The van der Waals surface area contributed by atoms with Crippen LogP contribution >= 0.6 is 0 Å². The van der Waals surface area contributed by atoms with Crippen molar-refractivity contribution in [3.63, 3.8) is 0 Å². The van der Waals surface area contributed by atoms with Gasteiger partial charge in [-0.2, -0.15) is 13.2 Å². The minimum atomic E-state index is -4.41. The lowest BCUT2D eigenvalue weighted by atomic mass is 10.1. The van der Waals surface area contributed by atoms with Crippen molar-refractivity contribution < 1.29 is 23.0 Å². The van der Waals surface area contributed by atoms with Gasteiger partial charge in [0.15, 0.2) is 0 Å². The minimum absolute atomic E-state index is 0.0627. The van der Waals surface area contributed by atoms with Crippen LogP contribution in [0.3, 0.4) is 0 Å². The summed E-state index contributed by atoms with van der Waals surface area (Å²) in [5, 5.41) is 9.14. The van der Waals surface area contributed by atoms with Crippen molar-refractivity contribution in [2.24, 2.45) is 0 Å². The first-order chi connectivity index (χ1) is 9.52. The zero-order chi connectivity index (χ0) is 14.6. The van der Waals surface area contributed by atoms with E-state index >= 15 is 0 Å². The van der Waals surface area contributed by atoms with E-state index in [2.05, 4.69) is 0 Å². The summed E-state index contributed by atoms with van der Waals surface area (Å²) in [6, 6.07) is 12.0. The van der Waals surface area contributed by atoms with Crippen molar-refractivity contribution in [3.05, 3.63) is 65.2 Å². The summed E-state index contributed by atoms with van der Waals surface area (Å²) in [7, 11) is 0. The van der Waals surface area contributed by atoms with Crippen LogP contribution in [0.2, 0.25) is 0 Å². The molecule has 0 aliphatic carbocycles. The Morgan fingerprint density at radius 2 is 1.50 bits per heavy atom. The predicted octanol–water partition coefficient (Wildman–Crippen LogP) is 3.78. The SMILES string of the molecule is OCc1ccccc1OCc1ccccc1C(F)(F)F. The van der Waals surface area contributed by atoms with Crippen molar-refractivity contribution in [1.29, 1.82) is 0 Å². The number of halogens is 3. The topological polar surface area (TPSA) is 29.5 Å². The Kier molecular flexibility index (Phi) is 4.29. The van der Waals surface area contributed by atoms with E-state index in [0.29, 0.717) is 11.3 Å². The molecule has 0 aromatic heterocycles.